The van der Waals surface area contributed by atoms with Crippen LogP contribution >= 0.6 is 0 Å². The van der Waals surface area contributed by atoms with Crippen molar-refractivity contribution < 1.29 is 80.7 Å². The van der Waals surface area contributed by atoms with Crippen LogP contribution < -0.4 is 32.7 Å². The molecule has 20 N–H and O–H groups in total. The van der Waals surface area contributed by atoms with Gasteiger partial charge >= 0.3 is 28.4 Å². The third kappa shape index (κ3) is 18.6. The van der Waals surface area contributed by atoms with Crippen LogP contribution in [-0.4, -0.2) is 63.9 Å². The summed E-state index contributed by atoms with van der Waals surface area (Å²) in [4.78, 5) is 67.8. The van der Waals surface area contributed by atoms with Crippen molar-refractivity contribution in [2.45, 2.75) is 26.9 Å². The number of aromatic nitrogens is 4. The minimum Gasteiger partial charge on any atom is -0.548 e. The molecule has 0 aliphatic rings. The Balaban J connectivity index is -0.0000000439. The van der Waals surface area contributed by atoms with Crippen LogP contribution in [0.25, 0.3) is 0 Å². The molecule has 2 aromatic rings. The second kappa shape index (κ2) is 25.1. The summed E-state index contributed by atoms with van der Waals surface area (Å²) in [6, 6.07) is 0. The molecule has 213 valence electrons. The average Bonchev–Trinajstić information content (AvgIpc) is 2.50. The van der Waals surface area contributed by atoms with Crippen molar-refractivity contribution >= 4 is 11.9 Å². The van der Waals surface area contributed by atoms with E-state index in [-0.39, 0.29) is 72.0 Å². The first kappa shape index (κ1) is 57.9. The predicted molar refractivity (Wildman–Crippen MR) is 114 cm³/mol. The molecular formula is C14H32CuN4O16+2. The summed E-state index contributed by atoms with van der Waals surface area (Å²) in [6.07, 6.45) is 2.36. The monoisotopic (exact) mass is 575 g/mol. The van der Waals surface area contributed by atoms with Gasteiger partial charge in [-0.3, -0.25) is 28.7 Å². The number of hydrogen-bond donors (Lipinski definition) is 2. The molecule has 1 radical (unpaired) electrons. The van der Waals surface area contributed by atoms with E-state index < -0.39 is 47.5 Å². The molecule has 0 aromatic carbocycles. The van der Waals surface area contributed by atoms with Gasteiger partial charge in [0.1, 0.15) is 0 Å². The van der Waals surface area contributed by atoms with Gasteiger partial charge < -0.3 is 63.6 Å². The van der Waals surface area contributed by atoms with Crippen LogP contribution in [0.1, 0.15) is 11.1 Å². The summed E-state index contributed by atoms with van der Waals surface area (Å²) in [6.45, 7) is 1.83. The van der Waals surface area contributed by atoms with Gasteiger partial charge in [-0.05, 0) is 13.8 Å². The number of aryl methyl sites for hydroxylation is 2. The number of carboxylic acids is 2. The second-order valence-electron chi connectivity index (χ2n) is 5.14. The molecular weight excluding hydrogens is 544 g/mol. The number of hydrogen-bond acceptors (Lipinski definition) is 8. The maximum Gasteiger partial charge on any atom is 2.00 e. The summed E-state index contributed by atoms with van der Waals surface area (Å²) < 4.78 is 1.73. The van der Waals surface area contributed by atoms with E-state index in [0.29, 0.717) is 0 Å². The number of aromatic amines is 2. The van der Waals surface area contributed by atoms with Gasteiger partial charge in [-0.1, -0.05) is 0 Å². The fraction of sp³-hybridized carbons (Fsp3) is 0.286. The van der Waals surface area contributed by atoms with E-state index in [1.165, 1.54) is 26.2 Å². The zero-order chi connectivity index (χ0) is 20.0. The molecule has 0 saturated carbocycles. The molecule has 0 spiro atoms. The summed E-state index contributed by atoms with van der Waals surface area (Å²) in [7, 11) is 0. The van der Waals surface area contributed by atoms with Crippen molar-refractivity contribution in [2.24, 2.45) is 0 Å². The fourth-order valence-electron chi connectivity index (χ4n) is 1.75. The second-order valence-corrected chi connectivity index (χ2v) is 5.14. The number of carbonyl (C=O) groups excluding carboxylic acids is 2. The molecule has 0 saturated heterocycles. The zero-order valence-corrected chi connectivity index (χ0v) is 19.1. The fourth-order valence-corrected chi connectivity index (χ4v) is 1.75. The molecule has 2 heterocycles. The van der Waals surface area contributed by atoms with E-state index in [4.69, 9.17) is 0 Å². The van der Waals surface area contributed by atoms with Crippen molar-refractivity contribution in [3.63, 3.8) is 0 Å². The first-order chi connectivity index (χ1) is 12.0. The van der Waals surface area contributed by atoms with Gasteiger partial charge in [-0.2, -0.15) is 0 Å². The summed E-state index contributed by atoms with van der Waals surface area (Å²) in [5.74, 6) is -2.76. The van der Waals surface area contributed by atoms with Gasteiger partial charge in [0.2, 0.25) is 0 Å². The van der Waals surface area contributed by atoms with Crippen LogP contribution in [-0.2, 0) is 50.7 Å². The summed E-state index contributed by atoms with van der Waals surface area (Å²) in [5, 5.41) is 20.3. The molecule has 20 nitrogen and oxygen atoms in total. The molecule has 35 heavy (non-hydrogen) atoms. The Bertz CT molecular complexity index is 988. The van der Waals surface area contributed by atoms with Crippen LogP contribution in [0.2, 0.25) is 0 Å². The summed E-state index contributed by atoms with van der Waals surface area (Å²) >= 11 is 0. The Morgan fingerprint density at radius 1 is 0.686 bits per heavy atom. The molecule has 0 atom stereocenters. The van der Waals surface area contributed by atoms with E-state index in [9.17, 15) is 39.0 Å². The van der Waals surface area contributed by atoms with E-state index in [1.807, 2.05) is 9.97 Å². The van der Waals surface area contributed by atoms with Crippen LogP contribution in [0.15, 0.2) is 31.6 Å². The number of carboxylic acid groups (broad SMARTS) is 2. The molecule has 0 aliphatic carbocycles. The first-order valence-corrected chi connectivity index (χ1v) is 7.01. The number of H-pyrrole nitrogens is 2. The van der Waals surface area contributed by atoms with E-state index in [0.717, 1.165) is 9.13 Å². The van der Waals surface area contributed by atoms with Gasteiger partial charge in [-0.25, -0.2) is 9.59 Å². The maximum absolute atomic E-state index is 10.9. The van der Waals surface area contributed by atoms with Crippen molar-refractivity contribution in [1.82, 2.24) is 19.1 Å². The van der Waals surface area contributed by atoms with Crippen LogP contribution in [0.3, 0.4) is 0 Å². The van der Waals surface area contributed by atoms with Gasteiger partial charge in [0.05, 0.1) is 25.0 Å². The Hall–Kier alpha value is -3.50. The number of aliphatic carboxylic acids is 2. The maximum atomic E-state index is 10.9. The molecule has 2 aromatic heterocycles. The average molecular weight is 576 g/mol. The molecule has 21 heteroatoms. The molecule has 2 rings (SSSR count). The standard InChI is InChI=1S/2C7H8N2O4.Cu.8H2O/c2*1-4-2-9(3-5(10)11)7(13)8-6(4)12;;;;;;;;;/h2*2H,3H2,1H3,(H,10,11)(H,8,12,13);;8*1H2/q;;+2;;;;;;;;. The number of carbonyl (C=O) groups is 2. The van der Waals surface area contributed by atoms with E-state index in [2.05, 4.69) is 0 Å². The normalized spacial score (nSPS) is 7.37. The third-order valence-corrected chi connectivity index (χ3v) is 2.98. The number of rotatable bonds is 4. The molecule has 0 unspecified atom stereocenters. The first-order valence-electron chi connectivity index (χ1n) is 7.01. The topological polar surface area (TPSA) is 445 Å². The van der Waals surface area contributed by atoms with Gasteiger partial charge in [0.25, 0.3) is 11.1 Å². The van der Waals surface area contributed by atoms with Gasteiger partial charge in [0.15, 0.2) is 0 Å². The van der Waals surface area contributed by atoms with Crippen molar-refractivity contribution in [1.29, 1.82) is 0 Å². The molecule has 0 aliphatic heterocycles. The third-order valence-electron chi connectivity index (χ3n) is 2.98. The SMILES string of the molecule is Cc1cn(CC(=O)[O-])c(=O)[nH]c1=O.Cc1cn(CC(=O)[O-])c(=O)[nH]c1=O.O.O.O.O.O.O.[Cu+2].[OH3+].[OH3+]. The Kier molecular flexibility index (Phi) is 41.6. The minimum atomic E-state index is -1.38. The number of nitrogens with zero attached hydrogens (tertiary/aromatic N) is 2. The zero-order valence-electron chi connectivity index (χ0n) is 18.2. The van der Waals surface area contributed by atoms with Crippen LogP contribution in [0, 0.1) is 13.8 Å². The Morgan fingerprint density at radius 2 is 0.914 bits per heavy atom. The molecule has 0 fully saturated rings. The smallest absolute Gasteiger partial charge is 0.548 e. The van der Waals surface area contributed by atoms with Crippen LogP contribution in [0.5, 0.6) is 0 Å². The quantitative estimate of drug-likeness (QED) is 0.259. The van der Waals surface area contributed by atoms with Crippen molar-refractivity contribution in [3.8, 4) is 0 Å². The number of nitrogens with one attached hydrogen (secondary N) is 2. The van der Waals surface area contributed by atoms with E-state index in [1.54, 1.807) is 0 Å². The van der Waals surface area contributed by atoms with Gasteiger partial charge in [-0.15, -0.1) is 0 Å². The Labute approximate surface area is 204 Å². The molecule has 0 bridgehead atoms. The molecule has 0 amide bonds. The predicted octanol–water partition coefficient (Wildman–Crippen LogP) is -11.6. The largest absolute Gasteiger partial charge is 2.00 e. The van der Waals surface area contributed by atoms with Gasteiger partial charge in [0, 0.05) is 23.5 Å². The van der Waals surface area contributed by atoms with Crippen molar-refractivity contribution in [2.75, 3.05) is 0 Å². The van der Waals surface area contributed by atoms with Crippen LogP contribution in [0.4, 0.5) is 0 Å². The Morgan fingerprint density at radius 3 is 1.11 bits per heavy atom. The minimum absolute atomic E-state index is 0. The van der Waals surface area contributed by atoms with E-state index >= 15 is 0 Å². The van der Waals surface area contributed by atoms with Crippen molar-refractivity contribution in [3.05, 3.63) is 65.2 Å². The summed E-state index contributed by atoms with van der Waals surface area (Å²) in [5.41, 5.74) is -1.97.